The van der Waals surface area contributed by atoms with E-state index >= 15 is 0 Å². The van der Waals surface area contributed by atoms with Crippen molar-refractivity contribution in [2.24, 2.45) is 0 Å². The molecule has 1 amide bonds. The van der Waals surface area contributed by atoms with Crippen LogP contribution in [0, 0.1) is 0 Å². The number of ether oxygens (including phenoxy) is 2. The maximum absolute atomic E-state index is 12.2. The van der Waals surface area contributed by atoms with E-state index in [1.165, 1.54) is 0 Å². The minimum Gasteiger partial charge on any atom is -0.394 e. The van der Waals surface area contributed by atoms with E-state index in [4.69, 9.17) is 9.47 Å². The second kappa shape index (κ2) is 4.68. The predicted octanol–water partition coefficient (Wildman–Crippen LogP) is -0.452. The van der Waals surface area contributed by atoms with Crippen LogP contribution in [0.2, 0.25) is 0 Å². The molecule has 0 spiro atoms. The van der Waals surface area contributed by atoms with E-state index in [-0.39, 0.29) is 25.0 Å². The van der Waals surface area contributed by atoms with Gasteiger partial charge in [-0.05, 0) is 0 Å². The number of hydrogen-bond acceptors (Lipinski definition) is 5. The number of fused-ring (bicyclic) bond motifs is 1. The molecule has 0 aliphatic carbocycles. The van der Waals surface area contributed by atoms with Gasteiger partial charge < -0.3 is 19.5 Å². The number of aromatic amines is 1. The van der Waals surface area contributed by atoms with Crippen molar-refractivity contribution in [3.8, 4) is 0 Å². The molecule has 2 aliphatic rings. The third kappa shape index (κ3) is 1.90. The Labute approximate surface area is 104 Å². The van der Waals surface area contributed by atoms with E-state index in [2.05, 4.69) is 10.2 Å². The summed E-state index contributed by atoms with van der Waals surface area (Å²) >= 11 is 0. The number of H-pyrrole nitrogens is 1. The molecule has 1 aromatic heterocycles. The summed E-state index contributed by atoms with van der Waals surface area (Å²) in [6, 6.07) is -0.312. The summed E-state index contributed by atoms with van der Waals surface area (Å²) in [5.41, 5.74) is 1.77. The first-order chi connectivity index (χ1) is 8.79. The highest BCUT2D eigenvalue weighted by atomic mass is 16.7. The maximum Gasteiger partial charge on any atom is 0.228 e. The Kier molecular flexibility index (Phi) is 3.02. The maximum atomic E-state index is 12.2. The summed E-state index contributed by atoms with van der Waals surface area (Å²) in [5.74, 6) is -0.0782. The standard InChI is InChI=1S/C11H15N3O4/c15-6-9-7-4-12-13-8(7)5-14(9)10(16)3-11-17-1-2-18-11/h4,9,11,15H,1-3,5-6H2,(H,12,13). The normalized spacial score (nSPS) is 23.6. The van der Waals surface area contributed by atoms with Crippen LogP contribution in [0.4, 0.5) is 0 Å². The summed E-state index contributed by atoms with van der Waals surface area (Å²) in [4.78, 5) is 13.8. The molecule has 3 heterocycles. The largest absolute Gasteiger partial charge is 0.394 e. The zero-order chi connectivity index (χ0) is 12.5. The summed E-state index contributed by atoms with van der Waals surface area (Å²) in [7, 11) is 0. The zero-order valence-corrected chi connectivity index (χ0v) is 9.83. The molecule has 1 fully saturated rings. The number of carbonyl (C=O) groups excluding carboxylic acids is 1. The van der Waals surface area contributed by atoms with Gasteiger partial charge in [0.25, 0.3) is 0 Å². The second-order valence-corrected chi connectivity index (χ2v) is 4.40. The Morgan fingerprint density at radius 1 is 1.56 bits per heavy atom. The Bertz CT molecular complexity index is 441. The first-order valence-electron chi connectivity index (χ1n) is 5.95. The molecule has 1 aromatic rings. The Morgan fingerprint density at radius 3 is 3.06 bits per heavy atom. The number of aromatic nitrogens is 2. The van der Waals surface area contributed by atoms with Crippen LogP contribution in [0.1, 0.15) is 23.7 Å². The predicted molar refractivity (Wildman–Crippen MR) is 59.3 cm³/mol. The topological polar surface area (TPSA) is 87.7 Å². The van der Waals surface area contributed by atoms with E-state index < -0.39 is 6.29 Å². The average Bonchev–Trinajstić information content (AvgIpc) is 3.03. The fourth-order valence-electron chi connectivity index (χ4n) is 2.43. The van der Waals surface area contributed by atoms with E-state index in [9.17, 15) is 9.90 Å². The lowest BCUT2D eigenvalue weighted by Gasteiger charge is -2.24. The number of nitrogens with zero attached hydrogens (tertiary/aromatic N) is 2. The molecule has 3 rings (SSSR count). The number of hydrogen-bond donors (Lipinski definition) is 2. The van der Waals surface area contributed by atoms with Crippen molar-refractivity contribution < 1.29 is 19.4 Å². The van der Waals surface area contributed by atoms with Gasteiger partial charge in [0.15, 0.2) is 6.29 Å². The molecule has 1 atom stereocenters. The fourth-order valence-corrected chi connectivity index (χ4v) is 2.43. The minimum atomic E-state index is -0.450. The summed E-state index contributed by atoms with van der Waals surface area (Å²) in [6.45, 7) is 1.41. The van der Waals surface area contributed by atoms with Crippen LogP contribution in [0.25, 0.3) is 0 Å². The molecule has 18 heavy (non-hydrogen) atoms. The van der Waals surface area contributed by atoms with Crippen molar-refractivity contribution in [1.29, 1.82) is 0 Å². The van der Waals surface area contributed by atoms with Crippen LogP contribution in [0.5, 0.6) is 0 Å². The van der Waals surface area contributed by atoms with Crippen LogP contribution in [-0.2, 0) is 20.8 Å². The van der Waals surface area contributed by atoms with E-state index in [0.717, 1.165) is 11.3 Å². The second-order valence-electron chi connectivity index (χ2n) is 4.40. The summed E-state index contributed by atoms with van der Waals surface area (Å²) < 4.78 is 10.5. The molecule has 98 valence electrons. The quantitative estimate of drug-likeness (QED) is 0.761. The summed E-state index contributed by atoms with van der Waals surface area (Å²) in [5, 5.41) is 16.2. The van der Waals surface area contributed by atoms with Crippen molar-refractivity contribution in [2.45, 2.75) is 25.3 Å². The lowest BCUT2D eigenvalue weighted by Crippen LogP contribution is -2.34. The first-order valence-corrected chi connectivity index (χ1v) is 5.95. The molecule has 0 saturated carbocycles. The van der Waals surface area contributed by atoms with Crippen LogP contribution in [-0.4, -0.2) is 52.2 Å². The van der Waals surface area contributed by atoms with E-state index in [1.807, 2.05) is 0 Å². The van der Waals surface area contributed by atoms with Crippen LogP contribution >= 0.6 is 0 Å². The van der Waals surface area contributed by atoms with Gasteiger partial charge in [-0.25, -0.2) is 0 Å². The molecule has 2 N–H and O–H groups in total. The first kappa shape index (κ1) is 11.6. The van der Waals surface area contributed by atoms with E-state index in [1.54, 1.807) is 11.1 Å². The molecule has 7 nitrogen and oxygen atoms in total. The van der Waals surface area contributed by atoms with Gasteiger partial charge >= 0.3 is 0 Å². The average molecular weight is 253 g/mol. The highest BCUT2D eigenvalue weighted by Crippen LogP contribution is 2.32. The Balaban J connectivity index is 1.69. The van der Waals surface area contributed by atoms with Crippen LogP contribution < -0.4 is 0 Å². The number of nitrogens with one attached hydrogen (secondary N) is 1. The molecule has 1 saturated heterocycles. The Hall–Kier alpha value is -1.44. The van der Waals surface area contributed by atoms with Crippen molar-refractivity contribution >= 4 is 5.91 Å². The van der Waals surface area contributed by atoms with Gasteiger partial charge in [0.1, 0.15) is 0 Å². The highest BCUT2D eigenvalue weighted by molar-refractivity contribution is 5.78. The van der Waals surface area contributed by atoms with Crippen molar-refractivity contribution in [2.75, 3.05) is 19.8 Å². The fraction of sp³-hybridized carbons (Fsp3) is 0.636. The molecule has 2 aliphatic heterocycles. The Morgan fingerprint density at radius 2 is 2.33 bits per heavy atom. The molecular formula is C11H15N3O4. The molecule has 7 heteroatoms. The molecule has 0 radical (unpaired) electrons. The number of amides is 1. The van der Waals surface area contributed by atoms with Gasteiger partial charge in [-0.1, -0.05) is 0 Å². The van der Waals surface area contributed by atoms with Gasteiger partial charge in [-0.3, -0.25) is 9.89 Å². The number of rotatable bonds is 3. The van der Waals surface area contributed by atoms with Crippen molar-refractivity contribution in [3.63, 3.8) is 0 Å². The van der Waals surface area contributed by atoms with Crippen molar-refractivity contribution in [1.82, 2.24) is 15.1 Å². The van der Waals surface area contributed by atoms with E-state index in [0.29, 0.717) is 19.8 Å². The van der Waals surface area contributed by atoms with Gasteiger partial charge in [-0.2, -0.15) is 5.10 Å². The van der Waals surface area contributed by atoms with Gasteiger partial charge in [0, 0.05) is 5.56 Å². The third-order valence-corrected chi connectivity index (χ3v) is 3.34. The SMILES string of the molecule is O=C(CC1OCCO1)N1Cc2[nH]ncc2C1CO. The molecule has 0 bridgehead atoms. The van der Waals surface area contributed by atoms with Crippen LogP contribution in [0.15, 0.2) is 6.20 Å². The lowest BCUT2D eigenvalue weighted by atomic mass is 10.1. The summed E-state index contributed by atoms with van der Waals surface area (Å²) in [6.07, 6.45) is 1.40. The lowest BCUT2D eigenvalue weighted by molar-refractivity contribution is -0.142. The van der Waals surface area contributed by atoms with Gasteiger partial charge in [0.2, 0.25) is 5.91 Å². The van der Waals surface area contributed by atoms with Crippen LogP contribution in [0.3, 0.4) is 0 Å². The number of aliphatic hydroxyl groups excluding tert-OH is 1. The molecular weight excluding hydrogens is 238 g/mol. The minimum absolute atomic E-state index is 0.0782. The number of carbonyl (C=O) groups is 1. The number of aliphatic hydroxyl groups is 1. The van der Waals surface area contributed by atoms with Crippen molar-refractivity contribution in [3.05, 3.63) is 17.5 Å². The monoisotopic (exact) mass is 253 g/mol. The third-order valence-electron chi connectivity index (χ3n) is 3.34. The zero-order valence-electron chi connectivity index (χ0n) is 9.83. The van der Waals surface area contributed by atoms with Gasteiger partial charge in [-0.15, -0.1) is 0 Å². The molecule has 0 aromatic carbocycles. The highest BCUT2D eigenvalue weighted by Gasteiger charge is 2.35. The smallest absolute Gasteiger partial charge is 0.228 e. The van der Waals surface area contributed by atoms with Gasteiger partial charge in [0.05, 0.1) is 50.7 Å². The molecule has 1 unspecified atom stereocenters.